The van der Waals surface area contributed by atoms with Crippen molar-refractivity contribution in [1.82, 2.24) is 4.90 Å². The minimum Gasteiger partial charge on any atom is -0.378 e. The first-order chi connectivity index (χ1) is 6.97. The van der Waals surface area contributed by atoms with E-state index in [1.165, 1.54) is 5.70 Å². The van der Waals surface area contributed by atoms with Crippen LogP contribution in [0.15, 0.2) is 23.9 Å². The topological polar surface area (TPSA) is 12.5 Å². The molecule has 0 aromatic carbocycles. The Kier molecular flexibility index (Phi) is 3.64. The largest absolute Gasteiger partial charge is 0.378 e. The van der Waals surface area contributed by atoms with Crippen molar-refractivity contribution in [2.75, 3.05) is 32.1 Å². The van der Waals surface area contributed by atoms with E-state index in [0.29, 0.717) is 0 Å². The number of allylic oxidation sites excluding steroid dienone is 2. The predicted molar refractivity (Wildman–Crippen MR) is 60.6 cm³/mol. The lowest BCUT2D eigenvalue weighted by molar-refractivity contribution is 0.0553. The SMILES string of the molecule is C1#SCC=CC(N2CCOCC2)=CC1. The number of rotatable bonds is 1. The van der Waals surface area contributed by atoms with Crippen LogP contribution >= 0.6 is 11.2 Å². The summed E-state index contributed by atoms with van der Waals surface area (Å²) in [7, 11) is 0. The van der Waals surface area contributed by atoms with Gasteiger partial charge in [0.15, 0.2) is 0 Å². The Morgan fingerprint density at radius 2 is 2.21 bits per heavy atom. The van der Waals surface area contributed by atoms with Gasteiger partial charge in [-0.1, -0.05) is 11.3 Å². The molecule has 0 aromatic heterocycles. The van der Waals surface area contributed by atoms with Gasteiger partial charge >= 0.3 is 0 Å². The van der Waals surface area contributed by atoms with Crippen LogP contribution in [0.25, 0.3) is 0 Å². The third-order valence-electron chi connectivity index (χ3n) is 2.34. The van der Waals surface area contributed by atoms with Crippen LogP contribution in [0.5, 0.6) is 0 Å². The number of hydrogen-bond acceptors (Lipinski definition) is 2. The summed E-state index contributed by atoms with van der Waals surface area (Å²) in [6.45, 7) is 3.74. The molecule has 0 saturated carbocycles. The predicted octanol–water partition coefficient (Wildman–Crippen LogP) is 1.85. The second-order valence-electron chi connectivity index (χ2n) is 3.29. The Labute approximate surface area is 88.8 Å². The fraction of sp³-hybridized carbons (Fsp3) is 0.545. The lowest BCUT2D eigenvalue weighted by Crippen LogP contribution is -2.35. The van der Waals surface area contributed by atoms with Crippen molar-refractivity contribution in [3.8, 4) is 5.18 Å². The number of ether oxygens (including phenoxy) is 1. The smallest absolute Gasteiger partial charge is 0.0642 e. The molecular weight excluding hydrogens is 194 g/mol. The van der Waals surface area contributed by atoms with Gasteiger partial charge in [-0.3, -0.25) is 0 Å². The maximum atomic E-state index is 5.33. The van der Waals surface area contributed by atoms with Crippen LogP contribution in [-0.2, 0) is 4.74 Å². The third-order valence-corrected chi connectivity index (χ3v) is 3.07. The van der Waals surface area contributed by atoms with Crippen LogP contribution < -0.4 is 0 Å². The average Bonchev–Trinajstić information content (AvgIpc) is 2.18. The zero-order chi connectivity index (χ0) is 9.64. The van der Waals surface area contributed by atoms with E-state index in [1.807, 2.05) is 0 Å². The van der Waals surface area contributed by atoms with Crippen molar-refractivity contribution >= 4 is 11.2 Å². The summed E-state index contributed by atoms with van der Waals surface area (Å²) in [5.74, 6) is 1.04. The fourth-order valence-electron chi connectivity index (χ4n) is 1.61. The van der Waals surface area contributed by atoms with Crippen LogP contribution in [-0.4, -0.2) is 37.0 Å². The fourth-order valence-corrected chi connectivity index (χ4v) is 2.12. The van der Waals surface area contributed by atoms with Crippen molar-refractivity contribution in [3.05, 3.63) is 23.9 Å². The summed E-state index contributed by atoms with van der Waals surface area (Å²) >= 11 is 1.75. The lowest BCUT2D eigenvalue weighted by Gasteiger charge is -2.29. The van der Waals surface area contributed by atoms with E-state index in [4.69, 9.17) is 4.74 Å². The highest BCUT2D eigenvalue weighted by Gasteiger charge is 2.11. The van der Waals surface area contributed by atoms with Gasteiger partial charge in [-0.05, 0) is 12.2 Å². The molecule has 1 saturated heterocycles. The summed E-state index contributed by atoms with van der Waals surface area (Å²) in [6, 6.07) is 0. The Balaban J connectivity index is 2.04. The molecule has 0 aromatic rings. The van der Waals surface area contributed by atoms with Crippen molar-refractivity contribution in [1.29, 1.82) is 0 Å². The van der Waals surface area contributed by atoms with E-state index < -0.39 is 0 Å². The number of hydrogen-bond donors (Lipinski definition) is 0. The molecule has 14 heavy (non-hydrogen) atoms. The van der Waals surface area contributed by atoms with E-state index in [9.17, 15) is 0 Å². The Morgan fingerprint density at radius 3 is 3.07 bits per heavy atom. The van der Waals surface area contributed by atoms with E-state index >= 15 is 0 Å². The Morgan fingerprint density at radius 1 is 1.36 bits per heavy atom. The molecule has 76 valence electrons. The highest BCUT2D eigenvalue weighted by atomic mass is 32.1. The van der Waals surface area contributed by atoms with Gasteiger partial charge < -0.3 is 9.64 Å². The van der Waals surface area contributed by atoms with Crippen LogP contribution in [0.2, 0.25) is 0 Å². The molecule has 2 heterocycles. The molecule has 2 aliphatic rings. The maximum absolute atomic E-state index is 5.33. The second kappa shape index (κ2) is 5.20. The molecule has 0 atom stereocenters. The minimum atomic E-state index is 0.855. The van der Waals surface area contributed by atoms with Gasteiger partial charge in [0.2, 0.25) is 0 Å². The van der Waals surface area contributed by atoms with Crippen LogP contribution in [0.1, 0.15) is 6.42 Å². The Bertz CT molecular complexity index is 305. The molecule has 0 aliphatic carbocycles. The average molecular weight is 209 g/mol. The lowest BCUT2D eigenvalue weighted by atomic mass is 10.2. The highest BCUT2D eigenvalue weighted by Crippen LogP contribution is 2.11. The molecule has 0 N–H and O–H groups in total. The molecule has 2 nitrogen and oxygen atoms in total. The van der Waals surface area contributed by atoms with Crippen molar-refractivity contribution in [2.45, 2.75) is 6.42 Å². The molecule has 0 amide bonds. The summed E-state index contributed by atoms with van der Waals surface area (Å²) in [5.41, 5.74) is 1.33. The molecule has 0 bridgehead atoms. The Hall–Kier alpha value is -0.760. The van der Waals surface area contributed by atoms with E-state index in [0.717, 1.165) is 38.5 Å². The summed E-state index contributed by atoms with van der Waals surface area (Å²) in [4.78, 5) is 2.39. The maximum Gasteiger partial charge on any atom is 0.0642 e. The quantitative estimate of drug-likeness (QED) is 0.653. The van der Waals surface area contributed by atoms with Gasteiger partial charge in [-0.15, -0.1) is 11.2 Å². The summed E-state index contributed by atoms with van der Waals surface area (Å²) < 4.78 is 5.33. The molecule has 0 spiro atoms. The van der Waals surface area contributed by atoms with Crippen LogP contribution in [0.4, 0.5) is 0 Å². The first-order valence-electron chi connectivity index (χ1n) is 5.01. The number of nitrogens with zero attached hydrogens (tertiary/aromatic N) is 1. The number of morpholine rings is 1. The van der Waals surface area contributed by atoms with E-state index in [2.05, 4.69) is 28.3 Å². The molecule has 0 unspecified atom stereocenters. The zero-order valence-corrected chi connectivity index (χ0v) is 9.05. The normalized spacial score (nSPS) is 22.3. The summed E-state index contributed by atoms with van der Waals surface area (Å²) in [6.07, 6.45) is 7.62. The van der Waals surface area contributed by atoms with Gasteiger partial charge in [0.05, 0.1) is 13.2 Å². The second-order valence-corrected chi connectivity index (χ2v) is 4.20. The first-order valence-corrected chi connectivity index (χ1v) is 5.99. The molecule has 2 aliphatic heterocycles. The molecule has 1 fully saturated rings. The monoisotopic (exact) mass is 209 g/mol. The zero-order valence-electron chi connectivity index (χ0n) is 8.24. The molecule has 2 rings (SSSR count). The third kappa shape index (κ3) is 2.61. The molecular formula is C11H15NOS. The van der Waals surface area contributed by atoms with Gasteiger partial charge in [0.1, 0.15) is 0 Å². The van der Waals surface area contributed by atoms with Gasteiger partial charge in [0, 0.05) is 31.0 Å². The molecule has 0 radical (unpaired) electrons. The highest BCUT2D eigenvalue weighted by molar-refractivity contribution is 7.88. The van der Waals surface area contributed by atoms with Gasteiger partial charge in [-0.25, -0.2) is 0 Å². The molecule has 3 heteroatoms. The van der Waals surface area contributed by atoms with E-state index in [1.54, 1.807) is 11.2 Å². The van der Waals surface area contributed by atoms with Crippen molar-refractivity contribution in [3.63, 3.8) is 0 Å². The van der Waals surface area contributed by atoms with Gasteiger partial charge in [0.25, 0.3) is 0 Å². The van der Waals surface area contributed by atoms with Crippen molar-refractivity contribution < 1.29 is 4.74 Å². The minimum absolute atomic E-state index is 0.855. The van der Waals surface area contributed by atoms with Crippen LogP contribution in [0.3, 0.4) is 0 Å². The first kappa shape index (κ1) is 9.78. The van der Waals surface area contributed by atoms with Gasteiger partial charge in [-0.2, -0.15) is 0 Å². The van der Waals surface area contributed by atoms with E-state index in [-0.39, 0.29) is 0 Å². The van der Waals surface area contributed by atoms with Crippen molar-refractivity contribution in [2.24, 2.45) is 0 Å². The van der Waals surface area contributed by atoms with Crippen LogP contribution in [0, 0.1) is 5.18 Å². The summed E-state index contributed by atoms with van der Waals surface area (Å²) in [5, 5.41) is 3.29. The standard InChI is InChI=1S/C11H15NOS/c1-3-11(4-2-10-14-9-1)12-5-7-13-8-6-12/h1,3-4H,2,5-9H2.